The summed E-state index contributed by atoms with van der Waals surface area (Å²) in [6.07, 6.45) is -2.45. The van der Waals surface area contributed by atoms with Crippen molar-refractivity contribution in [3.8, 4) is 0 Å². The summed E-state index contributed by atoms with van der Waals surface area (Å²) in [6.45, 7) is 0.439. The monoisotopic (exact) mass is 308 g/mol. The van der Waals surface area contributed by atoms with Gasteiger partial charge in [0.2, 0.25) is 0 Å². The molecule has 0 saturated carbocycles. The maximum atomic E-state index is 12.6. The molecule has 2 bridgehead atoms. The zero-order chi connectivity index (χ0) is 15.8. The van der Waals surface area contributed by atoms with E-state index in [4.69, 9.17) is 5.11 Å². The van der Waals surface area contributed by atoms with Crippen LogP contribution in [0.15, 0.2) is 0 Å². The summed E-state index contributed by atoms with van der Waals surface area (Å²) in [5.41, 5.74) is 0. The van der Waals surface area contributed by atoms with Crippen molar-refractivity contribution in [3.05, 3.63) is 0 Å². The van der Waals surface area contributed by atoms with Crippen molar-refractivity contribution in [1.82, 2.24) is 9.80 Å². The molecule has 1 N–H and O–H groups in total. The first-order valence-electron chi connectivity index (χ1n) is 7.11. The maximum Gasteiger partial charge on any atom is 0.406 e. The second kappa shape index (κ2) is 5.73. The predicted molar refractivity (Wildman–Crippen MR) is 67.7 cm³/mol. The molecule has 0 aliphatic carbocycles. The standard InChI is InChI=1S/C13H19F3N2O3/c1-2-5-17(7-13(14,15)16)12(21)18-8-3-4-10(18)9(6-8)11(19)20/h8-10H,2-7H2,1H3,(H,19,20). The van der Waals surface area contributed by atoms with Crippen molar-refractivity contribution in [3.63, 3.8) is 0 Å². The van der Waals surface area contributed by atoms with Gasteiger partial charge in [-0.1, -0.05) is 6.92 Å². The molecule has 2 fully saturated rings. The van der Waals surface area contributed by atoms with E-state index in [1.807, 2.05) is 0 Å². The van der Waals surface area contributed by atoms with Crippen LogP contribution in [0.1, 0.15) is 32.6 Å². The number of carbonyl (C=O) groups is 2. The zero-order valence-corrected chi connectivity index (χ0v) is 11.8. The molecular weight excluding hydrogens is 289 g/mol. The van der Waals surface area contributed by atoms with E-state index >= 15 is 0 Å². The van der Waals surface area contributed by atoms with Crippen molar-refractivity contribution < 1.29 is 27.9 Å². The molecule has 5 nitrogen and oxygen atoms in total. The molecule has 2 aliphatic heterocycles. The molecule has 2 aliphatic rings. The summed E-state index contributed by atoms with van der Waals surface area (Å²) >= 11 is 0. The van der Waals surface area contributed by atoms with E-state index in [1.165, 1.54) is 4.90 Å². The van der Waals surface area contributed by atoms with Gasteiger partial charge in [0.1, 0.15) is 6.54 Å². The Morgan fingerprint density at radius 2 is 2.00 bits per heavy atom. The highest BCUT2D eigenvalue weighted by atomic mass is 19.4. The molecule has 0 aromatic carbocycles. The summed E-state index contributed by atoms with van der Waals surface area (Å²) in [4.78, 5) is 25.7. The molecule has 8 heteroatoms. The number of urea groups is 1. The highest BCUT2D eigenvalue weighted by Crippen LogP contribution is 2.42. The van der Waals surface area contributed by atoms with Gasteiger partial charge in [-0.3, -0.25) is 4.79 Å². The minimum absolute atomic E-state index is 0.0199. The lowest BCUT2D eigenvalue weighted by Crippen LogP contribution is -2.49. The van der Waals surface area contributed by atoms with Gasteiger partial charge < -0.3 is 14.9 Å². The van der Waals surface area contributed by atoms with Gasteiger partial charge in [0, 0.05) is 18.6 Å². The van der Waals surface area contributed by atoms with Gasteiger partial charge >= 0.3 is 18.2 Å². The Hall–Kier alpha value is -1.47. The first-order chi connectivity index (χ1) is 9.74. The molecule has 0 radical (unpaired) electrons. The normalized spacial score (nSPS) is 28.0. The Labute approximate surface area is 120 Å². The average Bonchev–Trinajstić information content (AvgIpc) is 2.93. The number of nitrogens with zero attached hydrogens (tertiary/aromatic N) is 2. The van der Waals surface area contributed by atoms with Crippen LogP contribution in [-0.2, 0) is 4.79 Å². The number of carboxylic acids is 1. The summed E-state index contributed by atoms with van der Waals surface area (Å²) in [5, 5.41) is 9.13. The Bertz CT molecular complexity index is 427. The number of rotatable bonds is 4. The summed E-state index contributed by atoms with van der Waals surface area (Å²) < 4.78 is 37.8. The highest BCUT2D eigenvalue weighted by Gasteiger charge is 2.52. The minimum Gasteiger partial charge on any atom is -0.481 e. The van der Waals surface area contributed by atoms with Crippen LogP contribution in [-0.4, -0.2) is 58.3 Å². The Morgan fingerprint density at radius 3 is 2.48 bits per heavy atom. The molecule has 2 rings (SSSR count). The highest BCUT2D eigenvalue weighted by molar-refractivity contribution is 5.79. The van der Waals surface area contributed by atoms with Crippen LogP contribution < -0.4 is 0 Å². The van der Waals surface area contributed by atoms with Gasteiger partial charge in [-0.25, -0.2) is 4.79 Å². The van der Waals surface area contributed by atoms with Gasteiger partial charge in [-0.05, 0) is 25.7 Å². The van der Waals surface area contributed by atoms with Crippen molar-refractivity contribution in [2.24, 2.45) is 5.92 Å². The molecule has 0 aromatic rings. The van der Waals surface area contributed by atoms with Crippen molar-refractivity contribution in [2.45, 2.75) is 50.9 Å². The van der Waals surface area contributed by atoms with E-state index in [2.05, 4.69) is 0 Å². The smallest absolute Gasteiger partial charge is 0.406 e. The summed E-state index contributed by atoms with van der Waals surface area (Å²) in [7, 11) is 0. The van der Waals surface area contributed by atoms with Gasteiger partial charge in [0.05, 0.1) is 5.92 Å². The molecule has 3 atom stereocenters. The third-order valence-corrected chi connectivity index (χ3v) is 4.21. The summed E-state index contributed by atoms with van der Waals surface area (Å²) in [5.74, 6) is -1.63. The quantitative estimate of drug-likeness (QED) is 0.867. The van der Waals surface area contributed by atoms with Gasteiger partial charge in [0.15, 0.2) is 0 Å². The molecule has 0 aromatic heterocycles. The number of alkyl halides is 3. The van der Waals surface area contributed by atoms with E-state index in [1.54, 1.807) is 6.92 Å². The number of amides is 2. The first-order valence-corrected chi connectivity index (χ1v) is 7.11. The molecule has 0 spiro atoms. The molecular formula is C13H19F3N2O3. The molecule has 2 saturated heterocycles. The second-order valence-electron chi connectivity index (χ2n) is 5.71. The van der Waals surface area contributed by atoms with Crippen LogP contribution in [0.25, 0.3) is 0 Å². The Morgan fingerprint density at radius 1 is 1.33 bits per heavy atom. The SMILES string of the molecule is CCCN(CC(F)(F)F)C(=O)N1C2CCC1C(C(=O)O)C2. The van der Waals surface area contributed by atoms with Crippen LogP contribution in [0.4, 0.5) is 18.0 Å². The number of halogens is 3. The number of hydrogen-bond donors (Lipinski definition) is 1. The number of fused-ring (bicyclic) bond motifs is 2. The molecule has 2 heterocycles. The lowest BCUT2D eigenvalue weighted by atomic mass is 9.89. The first kappa shape index (κ1) is 15.9. The van der Waals surface area contributed by atoms with Crippen molar-refractivity contribution in [1.29, 1.82) is 0 Å². The van der Waals surface area contributed by atoms with Crippen LogP contribution in [0, 0.1) is 5.92 Å². The molecule has 3 unspecified atom stereocenters. The Balaban J connectivity index is 2.12. The topological polar surface area (TPSA) is 60.9 Å². The number of hydrogen-bond acceptors (Lipinski definition) is 2. The van der Waals surface area contributed by atoms with E-state index in [0.29, 0.717) is 25.7 Å². The minimum atomic E-state index is -4.45. The second-order valence-corrected chi connectivity index (χ2v) is 5.71. The predicted octanol–water partition coefficient (Wildman–Crippen LogP) is 2.32. The zero-order valence-electron chi connectivity index (χ0n) is 11.8. The van der Waals surface area contributed by atoms with Crippen LogP contribution in [0.2, 0.25) is 0 Å². The number of carbonyl (C=O) groups excluding carboxylic acids is 1. The largest absolute Gasteiger partial charge is 0.481 e. The molecule has 2 amide bonds. The third-order valence-electron chi connectivity index (χ3n) is 4.21. The van der Waals surface area contributed by atoms with Crippen LogP contribution in [0.5, 0.6) is 0 Å². The third kappa shape index (κ3) is 3.24. The van der Waals surface area contributed by atoms with Gasteiger partial charge in [-0.2, -0.15) is 13.2 Å². The van der Waals surface area contributed by atoms with Gasteiger partial charge in [-0.15, -0.1) is 0 Å². The molecule has 120 valence electrons. The fraction of sp³-hybridized carbons (Fsp3) is 0.846. The van der Waals surface area contributed by atoms with Crippen LogP contribution in [0.3, 0.4) is 0 Å². The number of aliphatic carboxylic acids is 1. The van der Waals surface area contributed by atoms with Gasteiger partial charge in [0.25, 0.3) is 0 Å². The van der Waals surface area contributed by atoms with E-state index in [-0.39, 0.29) is 12.6 Å². The number of carboxylic acid groups (broad SMARTS) is 1. The maximum absolute atomic E-state index is 12.6. The van der Waals surface area contributed by atoms with E-state index in [0.717, 1.165) is 4.90 Å². The lowest BCUT2D eigenvalue weighted by Gasteiger charge is -2.31. The van der Waals surface area contributed by atoms with E-state index in [9.17, 15) is 22.8 Å². The average molecular weight is 308 g/mol. The van der Waals surface area contributed by atoms with Crippen LogP contribution >= 0.6 is 0 Å². The fourth-order valence-electron chi connectivity index (χ4n) is 3.44. The van der Waals surface area contributed by atoms with Crippen molar-refractivity contribution >= 4 is 12.0 Å². The fourth-order valence-corrected chi connectivity index (χ4v) is 3.44. The lowest BCUT2D eigenvalue weighted by molar-refractivity contribution is -0.144. The van der Waals surface area contributed by atoms with Crippen molar-refractivity contribution in [2.75, 3.05) is 13.1 Å². The molecule has 21 heavy (non-hydrogen) atoms. The Kier molecular flexibility index (Phi) is 4.34. The summed E-state index contributed by atoms with van der Waals surface area (Å²) in [6, 6.07) is -1.38. The van der Waals surface area contributed by atoms with E-state index < -0.39 is 36.7 Å².